The number of alkyl halides is 3. The first-order valence-corrected chi connectivity index (χ1v) is 8.20. The van der Waals surface area contributed by atoms with Crippen molar-refractivity contribution in [1.29, 1.82) is 0 Å². The van der Waals surface area contributed by atoms with Gasteiger partial charge in [-0.2, -0.15) is 18.3 Å². The third-order valence-corrected chi connectivity index (χ3v) is 4.26. The van der Waals surface area contributed by atoms with Gasteiger partial charge in [0.1, 0.15) is 5.56 Å². The zero-order chi connectivity index (χ0) is 19.9. The van der Waals surface area contributed by atoms with Crippen molar-refractivity contribution < 1.29 is 23.1 Å². The van der Waals surface area contributed by atoms with Crippen LogP contribution in [0.15, 0.2) is 66.9 Å². The molecule has 1 N–H and O–H groups in total. The Morgan fingerprint density at radius 2 is 1.68 bits per heavy atom. The number of nitrogens with zero attached hydrogens (tertiary/aromatic N) is 3. The monoisotopic (exact) mass is 383 g/mol. The van der Waals surface area contributed by atoms with Crippen LogP contribution in [0, 0.1) is 0 Å². The molecule has 0 amide bonds. The van der Waals surface area contributed by atoms with Crippen LogP contribution in [0.3, 0.4) is 0 Å². The Morgan fingerprint density at radius 1 is 1.00 bits per heavy atom. The molecule has 0 unspecified atom stereocenters. The number of hydrogen-bond acceptors (Lipinski definition) is 3. The van der Waals surface area contributed by atoms with Gasteiger partial charge in [0.05, 0.1) is 11.9 Å². The Morgan fingerprint density at radius 3 is 2.36 bits per heavy atom. The molecule has 2 aromatic heterocycles. The van der Waals surface area contributed by atoms with E-state index in [9.17, 15) is 18.0 Å². The Labute approximate surface area is 156 Å². The summed E-state index contributed by atoms with van der Waals surface area (Å²) in [5.74, 6) is -1.79. The third-order valence-electron chi connectivity index (χ3n) is 4.26. The molecule has 28 heavy (non-hydrogen) atoms. The fraction of sp³-hybridized carbons (Fsp3) is 0.0500. The minimum Gasteiger partial charge on any atom is -0.478 e. The van der Waals surface area contributed by atoms with Gasteiger partial charge in [0.2, 0.25) is 0 Å². The van der Waals surface area contributed by atoms with Crippen LogP contribution in [-0.4, -0.2) is 25.8 Å². The van der Waals surface area contributed by atoms with Crippen molar-refractivity contribution >= 4 is 16.7 Å². The summed E-state index contributed by atoms with van der Waals surface area (Å²) >= 11 is 0. The SMILES string of the molecule is O=C(O)c1cnn(-c2nc(-c3ccccc3)cc3ccccc23)c1C(F)(F)F. The predicted octanol–water partition coefficient (Wildman–Crippen LogP) is 4.80. The molecule has 2 heterocycles. The van der Waals surface area contributed by atoms with E-state index in [2.05, 4.69) is 10.1 Å². The van der Waals surface area contributed by atoms with Crippen LogP contribution >= 0.6 is 0 Å². The number of halogens is 3. The van der Waals surface area contributed by atoms with E-state index >= 15 is 0 Å². The summed E-state index contributed by atoms with van der Waals surface area (Å²) in [6, 6.07) is 17.6. The number of pyridine rings is 1. The number of aromatic nitrogens is 3. The highest BCUT2D eigenvalue weighted by Crippen LogP contribution is 2.35. The number of rotatable bonds is 3. The van der Waals surface area contributed by atoms with Gasteiger partial charge in [-0.3, -0.25) is 0 Å². The molecule has 0 radical (unpaired) electrons. The van der Waals surface area contributed by atoms with Crippen LogP contribution < -0.4 is 0 Å². The highest BCUT2D eigenvalue weighted by atomic mass is 19.4. The Bertz CT molecular complexity index is 1180. The lowest BCUT2D eigenvalue weighted by Crippen LogP contribution is -2.18. The molecule has 4 rings (SSSR count). The second kappa shape index (κ2) is 6.49. The van der Waals surface area contributed by atoms with E-state index in [0.29, 0.717) is 32.9 Å². The molecule has 0 saturated heterocycles. The summed E-state index contributed by atoms with van der Waals surface area (Å²) in [6.07, 6.45) is -4.23. The molecule has 4 aromatic rings. The molecular formula is C20H12F3N3O2. The van der Waals surface area contributed by atoms with Gasteiger partial charge in [0.15, 0.2) is 11.5 Å². The van der Waals surface area contributed by atoms with E-state index in [1.54, 1.807) is 54.6 Å². The fourth-order valence-electron chi connectivity index (χ4n) is 3.04. The summed E-state index contributed by atoms with van der Waals surface area (Å²) in [6.45, 7) is 0. The van der Waals surface area contributed by atoms with Gasteiger partial charge in [-0.1, -0.05) is 54.6 Å². The first kappa shape index (κ1) is 17.7. The number of carboxylic acids is 1. The second-order valence-electron chi connectivity index (χ2n) is 6.04. The van der Waals surface area contributed by atoms with E-state index in [0.717, 1.165) is 0 Å². The summed E-state index contributed by atoms with van der Waals surface area (Å²) in [5, 5.41) is 14.0. The largest absolute Gasteiger partial charge is 0.478 e. The van der Waals surface area contributed by atoms with E-state index in [4.69, 9.17) is 5.11 Å². The zero-order valence-corrected chi connectivity index (χ0v) is 14.2. The Hall–Kier alpha value is -3.68. The first-order chi connectivity index (χ1) is 13.4. The van der Waals surface area contributed by atoms with Crippen molar-refractivity contribution in [2.45, 2.75) is 6.18 Å². The maximum Gasteiger partial charge on any atom is 0.434 e. The lowest BCUT2D eigenvalue weighted by Gasteiger charge is -2.14. The lowest BCUT2D eigenvalue weighted by atomic mass is 10.1. The summed E-state index contributed by atoms with van der Waals surface area (Å²) in [5.41, 5.74) is -1.13. The first-order valence-electron chi connectivity index (χ1n) is 8.20. The van der Waals surface area contributed by atoms with Crippen LogP contribution in [-0.2, 0) is 6.18 Å². The normalized spacial score (nSPS) is 11.7. The number of carboxylic acid groups (broad SMARTS) is 1. The van der Waals surface area contributed by atoms with Gasteiger partial charge in [0, 0.05) is 10.9 Å². The third kappa shape index (κ3) is 2.98. The molecule has 140 valence electrons. The maximum absolute atomic E-state index is 13.7. The van der Waals surface area contributed by atoms with Crippen molar-refractivity contribution in [3.63, 3.8) is 0 Å². The summed E-state index contributed by atoms with van der Waals surface area (Å²) in [7, 11) is 0. The maximum atomic E-state index is 13.7. The molecule has 0 saturated carbocycles. The number of aromatic carboxylic acids is 1. The minimum atomic E-state index is -4.92. The van der Waals surface area contributed by atoms with Gasteiger partial charge in [-0.15, -0.1) is 0 Å². The quantitative estimate of drug-likeness (QED) is 0.552. The predicted molar refractivity (Wildman–Crippen MR) is 96.3 cm³/mol. The molecule has 0 bridgehead atoms. The fourth-order valence-corrected chi connectivity index (χ4v) is 3.04. The molecule has 2 aromatic carbocycles. The average Bonchev–Trinajstić information content (AvgIpc) is 3.14. The molecule has 0 aliphatic rings. The topological polar surface area (TPSA) is 68.0 Å². The van der Waals surface area contributed by atoms with Crippen molar-refractivity contribution in [2.75, 3.05) is 0 Å². The second-order valence-corrected chi connectivity index (χ2v) is 6.04. The molecular weight excluding hydrogens is 371 g/mol. The van der Waals surface area contributed by atoms with Crippen molar-refractivity contribution in [1.82, 2.24) is 14.8 Å². The smallest absolute Gasteiger partial charge is 0.434 e. The van der Waals surface area contributed by atoms with E-state index in [-0.39, 0.29) is 5.82 Å². The zero-order valence-electron chi connectivity index (χ0n) is 14.2. The number of carbonyl (C=O) groups is 1. The molecule has 0 aliphatic carbocycles. The van der Waals surface area contributed by atoms with E-state index in [1.807, 2.05) is 6.07 Å². The lowest BCUT2D eigenvalue weighted by molar-refractivity contribution is -0.143. The Kier molecular flexibility index (Phi) is 4.11. The van der Waals surface area contributed by atoms with Crippen LogP contribution in [0.5, 0.6) is 0 Å². The molecule has 8 heteroatoms. The standard InChI is InChI=1S/C20H12F3N3O2/c21-20(22,23)17-15(19(27)28)11-24-26(17)18-14-9-5-4-8-13(14)10-16(25-18)12-6-2-1-3-7-12/h1-11H,(H,27,28). The van der Waals surface area contributed by atoms with Gasteiger partial charge in [-0.05, 0) is 11.5 Å². The van der Waals surface area contributed by atoms with Crippen LogP contribution in [0.2, 0.25) is 0 Å². The number of fused-ring (bicyclic) bond motifs is 1. The summed E-state index contributed by atoms with van der Waals surface area (Å²) < 4.78 is 41.5. The van der Waals surface area contributed by atoms with Crippen molar-refractivity contribution in [3.8, 4) is 17.1 Å². The number of benzene rings is 2. The number of hydrogen-bond donors (Lipinski definition) is 1. The average molecular weight is 383 g/mol. The van der Waals surface area contributed by atoms with Gasteiger partial charge < -0.3 is 5.11 Å². The molecule has 0 spiro atoms. The highest BCUT2D eigenvalue weighted by Gasteiger charge is 2.41. The van der Waals surface area contributed by atoms with Crippen molar-refractivity contribution in [3.05, 3.63) is 78.1 Å². The van der Waals surface area contributed by atoms with Crippen LogP contribution in [0.25, 0.3) is 27.8 Å². The van der Waals surface area contributed by atoms with Gasteiger partial charge in [-0.25, -0.2) is 14.5 Å². The minimum absolute atomic E-state index is 0.0863. The van der Waals surface area contributed by atoms with Crippen LogP contribution in [0.4, 0.5) is 13.2 Å². The molecule has 5 nitrogen and oxygen atoms in total. The van der Waals surface area contributed by atoms with E-state index < -0.39 is 23.4 Å². The van der Waals surface area contributed by atoms with Gasteiger partial charge >= 0.3 is 12.1 Å². The molecule has 0 fully saturated rings. The molecule has 0 atom stereocenters. The molecule has 0 aliphatic heterocycles. The van der Waals surface area contributed by atoms with Gasteiger partial charge in [0.25, 0.3) is 0 Å². The Balaban J connectivity index is 2.06. The highest BCUT2D eigenvalue weighted by molar-refractivity contribution is 5.93. The summed E-state index contributed by atoms with van der Waals surface area (Å²) in [4.78, 5) is 15.7. The van der Waals surface area contributed by atoms with Crippen molar-refractivity contribution in [2.24, 2.45) is 0 Å². The van der Waals surface area contributed by atoms with Crippen LogP contribution in [0.1, 0.15) is 16.1 Å². The van der Waals surface area contributed by atoms with E-state index in [1.165, 1.54) is 0 Å².